The molecular weight excluding hydrogens is 873 g/mol. The summed E-state index contributed by atoms with van der Waals surface area (Å²) in [7, 11) is 0. The van der Waals surface area contributed by atoms with Crippen molar-refractivity contribution in [3.63, 3.8) is 0 Å². The number of carboxylic acid groups (broad SMARTS) is 6. The summed E-state index contributed by atoms with van der Waals surface area (Å²) in [5.41, 5.74) is -3.36. The van der Waals surface area contributed by atoms with E-state index in [0.29, 0.717) is 0 Å². The van der Waals surface area contributed by atoms with E-state index in [1.807, 2.05) is 0 Å². The Hall–Kier alpha value is -3.94. The molecule has 50 N–H and O–H groups in total. The van der Waals surface area contributed by atoms with E-state index in [4.69, 9.17) is 0 Å². The van der Waals surface area contributed by atoms with Crippen LogP contribution < -0.4 is 30.6 Å². The van der Waals surface area contributed by atoms with E-state index >= 15 is 0 Å². The largest absolute Gasteiger partial charge is 2.00 e. The van der Waals surface area contributed by atoms with Gasteiger partial charge in [-0.25, -0.2) is 0 Å². The SMILES string of the molecule is O.O.O.O.O=C([O-])c1cc(C(=O)[O-])cc(C(=O)[O-])c1.O=C([O-])c1cc(C(=O)[O-])cc(C(=O)[O-])c1.[Co+2].[Co+2].[Co+2].[OH3+].[OH3+].[OH3+].[OH3+].[OH3+].[OH3+].[OH3+].[OH3+].[OH3+].[OH3+].[OH3+].[OH3+].[OH3+].[OH3+]. The van der Waals surface area contributed by atoms with Crippen LogP contribution in [0.4, 0.5) is 0 Å². The third-order valence-corrected chi connectivity index (χ3v) is 3.28. The van der Waals surface area contributed by atoms with Crippen LogP contribution in [0.15, 0.2) is 36.4 Å². The molecule has 0 aliphatic carbocycles. The number of benzene rings is 2. The third kappa shape index (κ3) is 46.1. The van der Waals surface area contributed by atoms with E-state index in [-0.39, 0.29) is 149 Å². The van der Waals surface area contributed by atoms with Crippen LogP contribution in [0.2, 0.25) is 0 Å². The van der Waals surface area contributed by atoms with E-state index in [0.717, 1.165) is 36.4 Å². The molecule has 30 nitrogen and oxygen atoms in total. The number of hydrogen-bond acceptors (Lipinski definition) is 12. The second-order valence-corrected chi connectivity index (χ2v) is 5.32. The molecular formula is C18H56Co3O30+14. The molecule has 321 valence electrons. The summed E-state index contributed by atoms with van der Waals surface area (Å²) in [6.45, 7) is 0. The van der Waals surface area contributed by atoms with Gasteiger partial charge in [0.1, 0.15) is 0 Å². The van der Waals surface area contributed by atoms with Gasteiger partial charge in [0.15, 0.2) is 0 Å². The molecule has 0 aliphatic heterocycles. The molecule has 0 aromatic heterocycles. The molecule has 0 bridgehead atoms. The Morgan fingerprint density at radius 1 is 0.255 bits per heavy atom. The summed E-state index contributed by atoms with van der Waals surface area (Å²) in [5, 5.41) is 62.5. The Labute approximate surface area is 313 Å². The van der Waals surface area contributed by atoms with Gasteiger partial charge in [-0.15, -0.1) is 0 Å². The zero-order valence-corrected chi connectivity index (χ0v) is 28.6. The minimum Gasteiger partial charge on any atom is -0.545 e. The fourth-order valence-corrected chi connectivity index (χ4v) is 1.96. The fraction of sp³-hybridized carbons (Fsp3) is 0. The van der Waals surface area contributed by atoms with Crippen LogP contribution in [0, 0.1) is 0 Å². The molecule has 0 unspecified atom stereocenters. The number of carbonyl (C=O) groups excluding carboxylic acids is 6. The van der Waals surface area contributed by atoms with Crippen molar-refractivity contribution in [3.05, 3.63) is 69.8 Å². The molecule has 0 spiro atoms. The third-order valence-electron chi connectivity index (χ3n) is 3.28. The van der Waals surface area contributed by atoms with Crippen LogP contribution in [0.25, 0.3) is 0 Å². The maximum absolute atomic E-state index is 10.4. The Kier molecular flexibility index (Phi) is 186. The minimum atomic E-state index is -1.68. The second-order valence-electron chi connectivity index (χ2n) is 5.32. The van der Waals surface area contributed by atoms with E-state index in [1.54, 1.807) is 0 Å². The number of aromatic carboxylic acids is 6. The first-order chi connectivity index (χ1) is 13.8. The molecule has 2 aromatic rings. The minimum absolute atomic E-state index is 0. The van der Waals surface area contributed by atoms with Crippen LogP contribution in [-0.2, 0) is 127 Å². The predicted molar refractivity (Wildman–Crippen MR) is 162 cm³/mol. The number of hydrogen-bond donors (Lipinski definition) is 0. The summed E-state index contributed by atoms with van der Waals surface area (Å²) < 4.78 is 0. The van der Waals surface area contributed by atoms with E-state index in [1.165, 1.54) is 0 Å². The zero-order chi connectivity index (χ0) is 23.2. The van der Waals surface area contributed by atoms with Gasteiger partial charge < -0.3 is 158 Å². The van der Waals surface area contributed by atoms with Gasteiger partial charge in [0.2, 0.25) is 0 Å². The topological polar surface area (TPSA) is 829 Å². The van der Waals surface area contributed by atoms with Gasteiger partial charge in [-0.05, 0) is 69.8 Å². The van der Waals surface area contributed by atoms with Crippen LogP contribution in [0.3, 0.4) is 0 Å². The Bertz CT molecular complexity index is 856. The van der Waals surface area contributed by atoms with Crippen molar-refractivity contribution >= 4 is 35.8 Å². The molecule has 0 aliphatic rings. The molecule has 33 heteroatoms. The summed E-state index contributed by atoms with van der Waals surface area (Å²) >= 11 is 0. The van der Waals surface area contributed by atoms with Crippen molar-refractivity contribution in [1.82, 2.24) is 0 Å². The number of carbonyl (C=O) groups is 6. The molecule has 3 radical (unpaired) electrons. The van der Waals surface area contributed by atoms with Gasteiger partial charge in [-0.3, -0.25) is 0 Å². The summed E-state index contributed by atoms with van der Waals surface area (Å²) in [6.07, 6.45) is 0. The van der Waals surface area contributed by atoms with Crippen molar-refractivity contribution in [2.24, 2.45) is 0 Å². The van der Waals surface area contributed by atoms with E-state index in [9.17, 15) is 59.4 Å². The molecule has 0 saturated heterocycles. The summed E-state index contributed by atoms with van der Waals surface area (Å²) in [6, 6.07) is 4.48. The second kappa shape index (κ2) is 64.6. The molecule has 0 heterocycles. The van der Waals surface area contributed by atoms with Gasteiger partial charge in [-0.2, -0.15) is 0 Å². The molecule has 2 aromatic carbocycles. The molecule has 2 rings (SSSR count). The van der Waals surface area contributed by atoms with Crippen LogP contribution >= 0.6 is 0 Å². The smallest absolute Gasteiger partial charge is 0.545 e. The average Bonchev–Trinajstić information content (AvgIpc) is 2.67. The molecule has 0 amide bonds. The average molecular weight is 929 g/mol. The van der Waals surface area contributed by atoms with Gasteiger partial charge in [-0.1, -0.05) is 0 Å². The first-order valence-electron chi connectivity index (χ1n) is 7.41. The van der Waals surface area contributed by atoms with Crippen LogP contribution in [-0.4, -0.2) is 57.7 Å². The van der Waals surface area contributed by atoms with Gasteiger partial charge in [0.05, 0.1) is 35.8 Å². The monoisotopic (exact) mass is 929 g/mol. The van der Waals surface area contributed by atoms with Crippen LogP contribution in [0.5, 0.6) is 0 Å². The molecule has 51 heavy (non-hydrogen) atoms. The predicted octanol–water partition coefficient (Wildman–Crippen LogP) is -22.7. The van der Waals surface area contributed by atoms with Crippen molar-refractivity contribution in [1.29, 1.82) is 0 Å². The van der Waals surface area contributed by atoms with E-state index < -0.39 is 69.2 Å². The van der Waals surface area contributed by atoms with Crippen molar-refractivity contribution < 1.29 is 208 Å². The van der Waals surface area contributed by atoms with Crippen LogP contribution in [0.1, 0.15) is 62.1 Å². The molecule has 0 fully saturated rings. The van der Waals surface area contributed by atoms with Gasteiger partial charge >= 0.3 is 50.3 Å². The number of carboxylic acids is 6. The first kappa shape index (κ1) is 147. The summed E-state index contributed by atoms with van der Waals surface area (Å²) in [4.78, 5) is 62.5. The molecule has 0 saturated carbocycles. The quantitative estimate of drug-likeness (QED) is 0.244. The first-order valence-corrected chi connectivity index (χ1v) is 7.41. The van der Waals surface area contributed by atoms with Crippen molar-refractivity contribution in [2.45, 2.75) is 0 Å². The van der Waals surface area contributed by atoms with Gasteiger partial charge in [0, 0.05) is 0 Å². The summed E-state index contributed by atoms with van der Waals surface area (Å²) in [5.74, 6) is -10.1. The normalized spacial score (nSPS) is 5.65. The van der Waals surface area contributed by atoms with E-state index in [2.05, 4.69) is 0 Å². The van der Waals surface area contributed by atoms with Crippen molar-refractivity contribution in [3.8, 4) is 0 Å². The Morgan fingerprint density at radius 3 is 0.353 bits per heavy atom. The molecule has 0 atom stereocenters. The fourth-order valence-electron chi connectivity index (χ4n) is 1.96. The maximum Gasteiger partial charge on any atom is 2.00 e. The van der Waals surface area contributed by atoms with Crippen molar-refractivity contribution in [2.75, 3.05) is 0 Å². The zero-order valence-electron chi connectivity index (χ0n) is 25.4. The standard InChI is InChI=1S/2C9H6O6.3Co.18H2O/c2*10-7(11)4-1-5(8(12)13)3-6(2-4)9(14)15;;;;;;;;;;;;;;;;;;;;;/h2*1-3H,(H,10,11)(H,12,13)(H,14,15);;;;18*1H2/q;;3*+2;;;;;;;;;;;;;;;;;;/p+8. The number of rotatable bonds is 6. The Morgan fingerprint density at radius 2 is 0.314 bits per heavy atom. The maximum atomic E-state index is 10.4. The van der Waals surface area contributed by atoms with Gasteiger partial charge in [0.25, 0.3) is 0 Å². The Balaban J connectivity index is -0.0000000132.